The molecule has 1 heterocycles. The van der Waals surface area contributed by atoms with Crippen LogP contribution in [0.5, 0.6) is 0 Å². The van der Waals surface area contributed by atoms with Crippen molar-refractivity contribution in [1.29, 1.82) is 0 Å². The Labute approximate surface area is 117 Å². The summed E-state index contributed by atoms with van der Waals surface area (Å²) in [6.07, 6.45) is 11.5. The number of hydrogen-bond acceptors (Lipinski definition) is 3. The number of ether oxygens (including phenoxy) is 3. The van der Waals surface area contributed by atoms with E-state index in [1.807, 2.05) is 0 Å². The highest BCUT2D eigenvalue weighted by molar-refractivity contribution is 4.85. The van der Waals surface area contributed by atoms with Gasteiger partial charge in [-0.15, -0.1) is 0 Å². The van der Waals surface area contributed by atoms with Gasteiger partial charge in [-0.05, 0) is 19.3 Å². The second-order valence-corrected chi connectivity index (χ2v) is 5.80. The van der Waals surface area contributed by atoms with Crippen molar-refractivity contribution >= 4 is 0 Å². The van der Waals surface area contributed by atoms with E-state index < -0.39 is 5.79 Å². The van der Waals surface area contributed by atoms with Crippen LogP contribution in [-0.4, -0.2) is 25.1 Å². The second-order valence-electron chi connectivity index (χ2n) is 5.80. The van der Waals surface area contributed by atoms with Crippen molar-refractivity contribution < 1.29 is 14.2 Å². The van der Waals surface area contributed by atoms with Crippen LogP contribution in [0.3, 0.4) is 0 Å². The van der Waals surface area contributed by atoms with Gasteiger partial charge >= 0.3 is 0 Å². The summed E-state index contributed by atoms with van der Waals surface area (Å²) in [6.45, 7) is 7.47. The van der Waals surface area contributed by atoms with E-state index in [0.717, 1.165) is 25.9 Å². The predicted molar refractivity (Wildman–Crippen MR) is 75.8 cm³/mol. The van der Waals surface area contributed by atoms with Crippen molar-refractivity contribution in [3.05, 3.63) is 12.8 Å². The molecule has 3 heteroatoms. The third-order valence-corrected chi connectivity index (χ3v) is 4.30. The topological polar surface area (TPSA) is 31.0 Å². The Morgan fingerprint density at radius 2 is 2.05 bits per heavy atom. The first kappa shape index (κ1) is 14.9. The van der Waals surface area contributed by atoms with Crippen LogP contribution >= 0.6 is 0 Å². The maximum Gasteiger partial charge on any atom is 0.212 e. The summed E-state index contributed by atoms with van der Waals surface area (Å²) in [5.74, 6) is 0.0500. The molecule has 0 spiro atoms. The Bertz CT molecular complexity index is 269. The van der Waals surface area contributed by atoms with Gasteiger partial charge in [0.05, 0.1) is 19.5 Å². The SMILES string of the molecule is C=COC(CCCC)(OCC1CO1)C1CCCCC1. The molecule has 0 aromatic carbocycles. The molecule has 1 aliphatic heterocycles. The average Bonchev–Trinajstić information content (AvgIpc) is 3.27. The van der Waals surface area contributed by atoms with Crippen LogP contribution in [-0.2, 0) is 14.2 Å². The van der Waals surface area contributed by atoms with E-state index in [1.165, 1.54) is 32.1 Å². The molecule has 1 aliphatic carbocycles. The van der Waals surface area contributed by atoms with E-state index in [0.29, 0.717) is 12.5 Å². The monoisotopic (exact) mass is 268 g/mol. The zero-order chi connectivity index (χ0) is 13.6. The van der Waals surface area contributed by atoms with E-state index in [4.69, 9.17) is 14.2 Å². The van der Waals surface area contributed by atoms with Crippen LogP contribution in [0.15, 0.2) is 12.8 Å². The molecule has 110 valence electrons. The fourth-order valence-electron chi connectivity index (χ4n) is 3.09. The van der Waals surface area contributed by atoms with E-state index >= 15 is 0 Å². The van der Waals surface area contributed by atoms with Gasteiger partial charge in [-0.1, -0.05) is 39.2 Å². The highest BCUT2D eigenvalue weighted by atomic mass is 16.7. The first-order valence-electron chi connectivity index (χ1n) is 7.85. The van der Waals surface area contributed by atoms with Gasteiger partial charge in [-0.2, -0.15) is 0 Å². The molecule has 2 unspecified atom stereocenters. The van der Waals surface area contributed by atoms with E-state index in [-0.39, 0.29) is 6.10 Å². The molecule has 0 aromatic heterocycles. The maximum atomic E-state index is 6.22. The van der Waals surface area contributed by atoms with Gasteiger partial charge in [-0.3, -0.25) is 0 Å². The molecule has 2 rings (SSSR count). The molecule has 0 amide bonds. The van der Waals surface area contributed by atoms with Crippen LogP contribution in [0.2, 0.25) is 0 Å². The van der Waals surface area contributed by atoms with Gasteiger partial charge in [0.25, 0.3) is 0 Å². The molecule has 3 nitrogen and oxygen atoms in total. The summed E-state index contributed by atoms with van der Waals surface area (Å²) in [7, 11) is 0. The Morgan fingerprint density at radius 3 is 2.63 bits per heavy atom. The Morgan fingerprint density at radius 1 is 1.32 bits per heavy atom. The second kappa shape index (κ2) is 7.30. The quantitative estimate of drug-likeness (QED) is 0.359. The molecule has 2 fully saturated rings. The Hall–Kier alpha value is -0.540. The summed E-state index contributed by atoms with van der Waals surface area (Å²) < 4.78 is 17.4. The van der Waals surface area contributed by atoms with Crippen molar-refractivity contribution in [1.82, 2.24) is 0 Å². The third-order valence-electron chi connectivity index (χ3n) is 4.30. The van der Waals surface area contributed by atoms with E-state index in [1.54, 1.807) is 6.26 Å². The van der Waals surface area contributed by atoms with Gasteiger partial charge in [0.15, 0.2) is 0 Å². The number of rotatable bonds is 9. The molecule has 19 heavy (non-hydrogen) atoms. The Kier molecular flexibility index (Phi) is 5.71. The summed E-state index contributed by atoms with van der Waals surface area (Å²) in [4.78, 5) is 0. The lowest BCUT2D eigenvalue weighted by atomic mass is 9.81. The Balaban J connectivity index is 2.02. The fourth-order valence-corrected chi connectivity index (χ4v) is 3.09. The highest BCUT2D eigenvalue weighted by Gasteiger charge is 2.42. The van der Waals surface area contributed by atoms with Crippen LogP contribution in [0.4, 0.5) is 0 Å². The average molecular weight is 268 g/mol. The minimum atomic E-state index is -0.454. The van der Waals surface area contributed by atoms with Crippen molar-refractivity contribution in [2.75, 3.05) is 13.2 Å². The molecule has 0 radical (unpaired) electrons. The third kappa shape index (κ3) is 4.22. The lowest BCUT2D eigenvalue weighted by molar-refractivity contribution is -0.251. The fraction of sp³-hybridized carbons (Fsp3) is 0.875. The number of unbranched alkanes of at least 4 members (excludes halogenated alkanes) is 1. The minimum Gasteiger partial charge on any atom is -0.470 e. The molecular weight excluding hydrogens is 240 g/mol. The van der Waals surface area contributed by atoms with Crippen molar-refractivity contribution in [3.8, 4) is 0 Å². The molecule has 2 atom stereocenters. The van der Waals surface area contributed by atoms with Crippen LogP contribution in [0.25, 0.3) is 0 Å². The zero-order valence-electron chi connectivity index (χ0n) is 12.2. The standard InChI is InChI=1S/C16H28O3/c1-3-5-11-16(18-4-2,19-13-15-12-17-15)14-9-7-6-8-10-14/h4,14-15H,2-3,5-13H2,1H3. The molecular formula is C16H28O3. The van der Waals surface area contributed by atoms with Crippen molar-refractivity contribution in [2.24, 2.45) is 5.92 Å². The van der Waals surface area contributed by atoms with Crippen LogP contribution in [0.1, 0.15) is 58.3 Å². The molecule has 0 bridgehead atoms. The van der Waals surface area contributed by atoms with E-state index in [2.05, 4.69) is 13.5 Å². The van der Waals surface area contributed by atoms with Gasteiger partial charge in [0, 0.05) is 12.3 Å². The van der Waals surface area contributed by atoms with E-state index in [9.17, 15) is 0 Å². The zero-order valence-corrected chi connectivity index (χ0v) is 12.2. The largest absolute Gasteiger partial charge is 0.470 e. The van der Waals surface area contributed by atoms with Crippen LogP contribution < -0.4 is 0 Å². The van der Waals surface area contributed by atoms with Crippen molar-refractivity contribution in [2.45, 2.75) is 70.2 Å². The van der Waals surface area contributed by atoms with Gasteiger partial charge in [0.2, 0.25) is 5.79 Å². The summed E-state index contributed by atoms with van der Waals surface area (Å²) in [6, 6.07) is 0. The number of hydrogen-bond donors (Lipinski definition) is 0. The van der Waals surface area contributed by atoms with Gasteiger partial charge in [-0.25, -0.2) is 0 Å². The maximum absolute atomic E-state index is 6.22. The molecule has 0 N–H and O–H groups in total. The molecule has 0 aromatic rings. The lowest BCUT2D eigenvalue weighted by Gasteiger charge is -2.41. The first-order chi connectivity index (χ1) is 9.30. The van der Waals surface area contributed by atoms with Crippen molar-refractivity contribution in [3.63, 3.8) is 0 Å². The molecule has 2 aliphatic rings. The number of epoxide rings is 1. The van der Waals surface area contributed by atoms with Gasteiger partial charge in [0.1, 0.15) is 6.10 Å². The smallest absolute Gasteiger partial charge is 0.212 e. The summed E-state index contributed by atoms with van der Waals surface area (Å²) in [5.41, 5.74) is 0. The highest BCUT2D eigenvalue weighted by Crippen LogP contribution is 2.40. The van der Waals surface area contributed by atoms with Crippen LogP contribution in [0, 0.1) is 5.92 Å². The lowest BCUT2D eigenvalue weighted by Crippen LogP contribution is -2.44. The molecule has 1 saturated carbocycles. The normalized spacial score (nSPS) is 26.7. The summed E-state index contributed by atoms with van der Waals surface area (Å²) >= 11 is 0. The summed E-state index contributed by atoms with van der Waals surface area (Å²) in [5, 5.41) is 0. The van der Waals surface area contributed by atoms with Gasteiger partial charge < -0.3 is 14.2 Å². The predicted octanol–water partition coefficient (Wildman–Crippen LogP) is 4.03. The first-order valence-corrected chi connectivity index (χ1v) is 7.85. The minimum absolute atomic E-state index is 0.290. The molecule has 1 saturated heterocycles.